The van der Waals surface area contributed by atoms with Crippen molar-refractivity contribution in [3.05, 3.63) is 78.6 Å². The van der Waals surface area contributed by atoms with Gasteiger partial charge >= 0.3 is 6.18 Å². The second-order valence-corrected chi connectivity index (χ2v) is 6.15. The third-order valence-electron chi connectivity index (χ3n) is 4.22. The summed E-state index contributed by atoms with van der Waals surface area (Å²) in [7, 11) is 0. The van der Waals surface area contributed by atoms with E-state index in [0.717, 1.165) is 28.5 Å². The summed E-state index contributed by atoms with van der Waals surface area (Å²) in [5, 5.41) is 1.85. The SMILES string of the molecule is Nc1cc2ccc(-c3cccnc3Oc3ccc(C(F)(F)F)cc3)cc2cn1. The monoisotopic (exact) mass is 381 g/mol. The third kappa shape index (κ3) is 3.59. The predicted octanol–water partition coefficient (Wildman–Crippen LogP) is 5.69. The van der Waals surface area contributed by atoms with Crippen LogP contribution in [0.3, 0.4) is 0 Å². The largest absolute Gasteiger partial charge is 0.438 e. The minimum absolute atomic E-state index is 0.267. The fourth-order valence-electron chi connectivity index (χ4n) is 2.84. The molecule has 4 aromatic rings. The topological polar surface area (TPSA) is 61.0 Å². The number of rotatable bonds is 3. The Hall–Kier alpha value is -3.61. The Morgan fingerprint density at radius 1 is 0.857 bits per heavy atom. The first kappa shape index (κ1) is 17.8. The molecule has 0 saturated heterocycles. The summed E-state index contributed by atoms with van der Waals surface area (Å²) in [6.45, 7) is 0. The number of fused-ring (bicyclic) bond motifs is 1. The molecule has 2 heterocycles. The number of hydrogen-bond donors (Lipinski definition) is 1. The molecule has 2 N–H and O–H groups in total. The van der Waals surface area contributed by atoms with Gasteiger partial charge in [-0.05, 0) is 59.5 Å². The lowest BCUT2D eigenvalue weighted by Gasteiger charge is -2.12. The van der Waals surface area contributed by atoms with E-state index in [1.54, 1.807) is 24.5 Å². The van der Waals surface area contributed by atoms with Gasteiger partial charge in [0.1, 0.15) is 11.6 Å². The number of aromatic nitrogens is 2. The van der Waals surface area contributed by atoms with Crippen LogP contribution in [0.5, 0.6) is 11.6 Å². The fourth-order valence-corrected chi connectivity index (χ4v) is 2.84. The van der Waals surface area contributed by atoms with Crippen LogP contribution < -0.4 is 10.5 Å². The first-order valence-corrected chi connectivity index (χ1v) is 8.36. The third-order valence-corrected chi connectivity index (χ3v) is 4.22. The van der Waals surface area contributed by atoms with E-state index in [-0.39, 0.29) is 5.75 Å². The molecule has 0 atom stereocenters. The summed E-state index contributed by atoms with van der Waals surface area (Å²) in [6.07, 6.45) is -1.15. The summed E-state index contributed by atoms with van der Waals surface area (Å²) in [5.74, 6) is 1.00. The molecule has 0 bridgehead atoms. The number of nitrogens with two attached hydrogens (primary N) is 1. The van der Waals surface area contributed by atoms with E-state index >= 15 is 0 Å². The highest BCUT2D eigenvalue weighted by Gasteiger charge is 2.30. The van der Waals surface area contributed by atoms with Gasteiger partial charge in [-0.1, -0.05) is 12.1 Å². The number of halogens is 3. The number of nitrogens with zero attached hydrogens (tertiary/aromatic N) is 2. The van der Waals surface area contributed by atoms with Crippen LogP contribution in [0, 0.1) is 0 Å². The molecule has 2 aromatic heterocycles. The minimum atomic E-state index is -4.39. The molecular weight excluding hydrogens is 367 g/mol. The molecule has 2 aromatic carbocycles. The maximum absolute atomic E-state index is 12.7. The highest BCUT2D eigenvalue weighted by atomic mass is 19.4. The van der Waals surface area contributed by atoms with E-state index < -0.39 is 11.7 Å². The average Bonchev–Trinajstić information content (AvgIpc) is 2.68. The van der Waals surface area contributed by atoms with E-state index in [9.17, 15) is 13.2 Å². The van der Waals surface area contributed by atoms with Crippen LogP contribution in [0.25, 0.3) is 21.9 Å². The first-order valence-electron chi connectivity index (χ1n) is 8.36. The van der Waals surface area contributed by atoms with Gasteiger partial charge in [-0.15, -0.1) is 0 Å². The van der Waals surface area contributed by atoms with E-state index in [4.69, 9.17) is 10.5 Å². The van der Waals surface area contributed by atoms with E-state index in [1.807, 2.05) is 24.3 Å². The molecule has 0 aliphatic rings. The Labute approximate surface area is 158 Å². The van der Waals surface area contributed by atoms with Crippen molar-refractivity contribution in [2.75, 3.05) is 5.73 Å². The molecule has 0 unspecified atom stereocenters. The number of alkyl halides is 3. The van der Waals surface area contributed by atoms with Crippen LogP contribution in [0.4, 0.5) is 19.0 Å². The number of anilines is 1. The molecule has 28 heavy (non-hydrogen) atoms. The van der Waals surface area contributed by atoms with Crippen molar-refractivity contribution in [1.29, 1.82) is 0 Å². The van der Waals surface area contributed by atoms with E-state index in [2.05, 4.69) is 9.97 Å². The van der Waals surface area contributed by atoms with Crippen molar-refractivity contribution in [1.82, 2.24) is 9.97 Å². The molecular formula is C21H14F3N3O. The molecule has 7 heteroatoms. The number of pyridine rings is 2. The molecule has 4 nitrogen and oxygen atoms in total. The summed E-state index contributed by atoms with van der Waals surface area (Å²) in [5.41, 5.74) is 6.53. The van der Waals surface area contributed by atoms with Gasteiger partial charge in [-0.3, -0.25) is 0 Å². The fraction of sp³-hybridized carbons (Fsp3) is 0.0476. The second kappa shape index (κ2) is 6.84. The van der Waals surface area contributed by atoms with Gasteiger partial charge < -0.3 is 10.5 Å². The number of nitrogen functional groups attached to an aromatic ring is 1. The maximum Gasteiger partial charge on any atom is 0.416 e. The number of benzene rings is 2. The lowest BCUT2D eigenvalue weighted by molar-refractivity contribution is -0.137. The van der Waals surface area contributed by atoms with Crippen molar-refractivity contribution in [3.63, 3.8) is 0 Å². The van der Waals surface area contributed by atoms with Crippen molar-refractivity contribution in [2.45, 2.75) is 6.18 Å². The Bertz CT molecular complexity index is 1140. The van der Waals surface area contributed by atoms with E-state index in [0.29, 0.717) is 17.3 Å². The van der Waals surface area contributed by atoms with Gasteiger partial charge in [0.15, 0.2) is 0 Å². The van der Waals surface area contributed by atoms with Crippen LogP contribution in [0.15, 0.2) is 73.1 Å². The summed E-state index contributed by atoms with van der Waals surface area (Å²) < 4.78 is 43.9. The maximum atomic E-state index is 12.7. The lowest BCUT2D eigenvalue weighted by atomic mass is 10.0. The van der Waals surface area contributed by atoms with Gasteiger partial charge in [0.05, 0.1) is 5.56 Å². The van der Waals surface area contributed by atoms with Crippen molar-refractivity contribution in [2.24, 2.45) is 0 Å². The smallest absolute Gasteiger partial charge is 0.416 e. The van der Waals surface area contributed by atoms with Crippen LogP contribution in [0.1, 0.15) is 5.56 Å². The standard InChI is InChI=1S/C21H14F3N3O/c22-21(23,24)16-5-7-17(8-6-16)28-20-18(2-1-9-26-20)14-4-3-13-11-19(25)27-12-15(13)10-14/h1-12H,(H2,25,27). The number of hydrogen-bond acceptors (Lipinski definition) is 4. The lowest BCUT2D eigenvalue weighted by Crippen LogP contribution is -2.04. The molecule has 0 spiro atoms. The van der Waals surface area contributed by atoms with Gasteiger partial charge in [0, 0.05) is 23.3 Å². The van der Waals surface area contributed by atoms with Gasteiger partial charge in [0.2, 0.25) is 5.88 Å². The van der Waals surface area contributed by atoms with Crippen LogP contribution >= 0.6 is 0 Å². The highest BCUT2D eigenvalue weighted by molar-refractivity contribution is 5.88. The van der Waals surface area contributed by atoms with Gasteiger partial charge in [-0.25, -0.2) is 9.97 Å². The van der Waals surface area contributed by atoms with Crippen LogP contribution in [-0.4, -0.2) is 9.97 Å². The van der Waals surface area contributed by atoms with Crippen LogP contribution in [0.2, 0.25) is 0 Å². The molecule has 140 valence electrons. The quantitative estimate of drug-likeness (QED) is 0.495. The first-order chi connectivity index (χ1) is 13.4. The second-order valence-electron chi connectivity index (χ2n) is 6.15. The summed E-state index contributed by atoms with van der Waals surface area (Å²) in [4.78, 5) is 8.33. The average molecular weight is 381 g/mol. The zero-order valence-electron chi connectivity index (χ0n) is 14.4. The minimum Gasteiger partial charge on any atom is -0.438 e. The zero-order valence-corrected chi connectivity index (χ0v) is 14.4. The van der Waals surface area contributed by atoms with Crippen molar-refractivity contribution >= 4 is 16.6 Å². The van der Waals surface area contributed by atoms with E-state index in [1.165, 1.54) is 12.1 Å². The molecule has 4 rings (SSSR count). The number of ether oxygens (including phenoxy) is 1. The zero-order chi connectivity index (χ0) is 19.7. The Morgan fingerprint density at radius 2 is 1.64 bits per heavy atom. The molecule has 0 aliphatic carbocycles. The highest BCUT2D eigenvalue weighted by Crippen LogP contribution is 2.35. The van der Waals surface area contributed by atoms with Crippen molar-refractivity contribution in [3.8, 4) is 22.8 Å². The van der Waals surface area contributed by atoms with Gasteiger partial charge in [-0.2, -0.15) is 13.2 Å². The normalized spacial score (nSPS) is 11.5. The summed E-state index contributed by atoms with van der Waals surface area (Å²) >= 11 is 0. The van der Waals surface area contributed by atoms with Crippen molar-refractivity contribution < 1.29 is 17.9 Å². The summed E-state index contributed by atoms with van der Waals surface area (Å²) in [6, 6.07) is 15.6. The molecule has 0 saturated carbocycles. The molecule has 0 aliphatic heterocycles. The Balaban J connectivity index is 1.68. The Morgan fingerprint density at radius 3 is 2.39 bits per heavy atom. The van der Waals surface area contributed by atoms with Crippen LogP contribution in [-0.2, 0) is 6.18 Å². The molecule has 0 amide bonds. The molecule has 0 fully saturated rings. The Kier molecular flexibility index (Phi) is 4.35. The molecule has 0 radical (unpaired) electrons. The van der Waals surface area contributed by atoms with Gasteiger partial charge in [0.25, 0.3) is 0 Å². The predicted molar refractivity (Wildman–Crippen MR) is 101 cm³/mol.